The molecule has 0 amide bonds. The minimum absolute atomic E-state index is 0.0968. The van der Waals surface area contributed by atoms with Crippen LogP contribution in [0, 0.1) is 11.3 Å². The van der Waals surface area contributed by atoms with E-state index < -0.39 is 0 Å². The highest BCUT2D eigenvalue weighted by Crippen LogP contribution is 2.39. The van der Waals surface area contributed by atoms with Crippen molar-refractivity contribution in [3.8, 4) is 0 Å². The quantitative estimate of drug-likeness (QED) is 0.680. The third kappa shape index (κ3) is 2.80. The Bertz CT molecular complexity index is 159. The topological polar surface area (TPSA) is 37.3 Å². The molecule has 2 nitrogen and oxygen atoms in total. The summed E-state index contributed by atoms with van der Waals surface area (Å²) in [5.41, 5.74) is -0.0968. The van der Waals surface area contributed by atoms with E-state index in [1.165, 1.54) is 19.3 Å². The molecule has 0 aromatic heterocycles. The van der Waals surface area contributed by atoms with Crippen LogP contribution in [0.4, 0.5) is 0 Å². The van der Waals surface area contributed by atoms with Gasteiger partial charge in [0.25, 0.3) is 0 Å². The lowest BCUT2D eigenvalue weighted by Gasteiger charge is -2.33. The van der Waals surface area contributed by atoms with Gasteiger partial charge in [-0.25, -0.2) is 0 Å². The van der Waals surface area contributed by atoms with Crippen molar-refractivity contribution in [2.75, 3.05) is 6.61 Å². The lowest BCUT2D eigenvalue weighted by molar-refractivity contribution is -0.119. The van der Waals surface area contributed by atoms with Crippen molar-refractivity contribution < 1.29 is 9.90 Å². The van der Waals surface area contributed by atoms with Gasteiger partial charge in [-0.2, -0.15) is 0 Å². The highest BCUT2D eigenvalue weighted by molar-refractivity contribution is 5.59. The van der Waals surface area contributed by atoms with Crippen LogP contribution in [0.15, 0.2) is 0 Å². The number of aldehydes is 1. The summed E-state index contributed by atoms with van der Waals surface area (Å²) in [5.74, 6) is 0.267. The zero-order valence-corrected chi connectivity index (χ0v) is 8.46. The lowest BCUT2D eigenvalue weighted by Crippen LogP contribution is -2.28. The van der Waals surface area contributed by atoms with Gasteiger partial charge in [0.1, 0.15) is 6.29 Å². The standard InChI is InChI=1S/C11H20O2/c1-10(8-12)7-11(9-13)5-3-2-4-6-11/h9-10,12H,2-8H2,1H3. The Balaban J connectivity index is 2.52. The summed E-state index contributed by atoms with van der Waals surface area (Å²) in [5, 5.41) is 8.96. The van der Waals surface area contributed by atoms with Crippen molar-refractivity contribution in [3.05, 3.63) is 0 Å². The highest BCUT2D eigenvalue weighted by atomic mass is 16.3. The molecule has 13 heavy (non-hydrogen) atoms. The van der Waals surface area contributed by atoms with Crippen LogP contribution in [-0.4, -0.2) is 18.0 Å². The first-order chi connectivity index (χ1) is 6.22. The van der Waals surface area contributed by atoms with Gasteiger partial charge in [-0.3, -0.25) is 0 Å². The van der Waals surface area contributed by atoms with Crippen molar-refractivity contribution in [3.63, 3.8) is 0 Å². The molecule has 1 fully saturated rings. The Morgan fingerprint density at radius 3 is 2.46 bits per heavy atom. The van der Waals surface area contributed by atoms with Gasteiger partial charge in [0.15, 0.2) is 0 Å². The smallest absolute Gasteiger partial charge is 0.126 e. The number of rotatable bonds is 4. The van der Waals surface area contributed by atoms with Crippen LogP contribution in [0.5, 0.6) is 0 Å². The van der Waals surface area contributed by atoms with Crippen LogP contribution in [-0.2, 0) is 4.79 Å². The number of hydrogen-bond donors (Lipinski definition) is 1. The van der Waals surface area contributed by atoms with Crippen LogP contribution >= 0.6 is 0 Å². The predicted molar refractivity (Wildman–Crippen MR) is 52.4 cm³/mol. The number of aliphatic hydroxyl groups excluding tert-OH is 1. The SMILES string of the molecule is CC(CO)CC1(C=O)CCCCC1. The molecule has 2 heteroatoms. The second kappa shape index (κ2) is 4.75. The molecule has 1 aliphatic rings. The van der Waals surface area contributed by atoms with Gasteiger partial charge in [-0.1, -0.05) is 26.2 Å². The molecule has 76 valence electrons. The van der Waals surface area contributed by atoms with E-state index in [1.54, 1.807) is 0 Å². The van der Waals surface area contributed by atoms with Crippen LogP contribution in [0.1, 0.15) is 45.4 Å². The summed E-state index contributed by atoms with van der Waals surface area (Å²) in [6.07, 6.45) is 7.68. The zero-order chi connectivity index (χ0) is 9.73. The summed E-state index contributed by atoms with van der Waals surface area (Å²) in [4.78, 5) is 11.1. The first-order valence-electron chi connectivity index (χ1n) is 5.30. The Morgan fingerprint density at radius 2 is 2.00 bits per heavy atom. The third-order valence-corrected chi connectivity index (χ3v) is 3.17. The number of hydrogen-bond acceptors (Lipinski definition) is 2. The van der Waals surface area contributed by atoms with E-state index >= 15 is 0 Å². The summed E-state index contributed by atoms with van der Waals surface area (Å²) in [6.45, 7) is 2.22. The molecule has 0 radical (unpaired) electrons. The molecular formula is C11H20O2. The van der Waals surface area contributed by atoms with Gasteiger partial charge in [0, 0.05) is 12.0 Å². The lowest BCUT2D eigenvalue weighted by atomic mass is 9.70. The van der Waals surface area contributed by atoms with E-state index in [9.17, 15) is 4.79 Å². The summed E-state index contributed by atoms with van der Waals surface area (Å²) < 4.78 is 0. The highest BCUT2D eigenvalue weighted by Gasteiger charge is 2.32. The van der Waals surface area contributed by atoms with Crippen LogP contribution in [0.25, 0.3) is 0 Å². The average molecular weight is 184 g/mol. The van der Waals surface area contributed by atoms with E-state index in [1.807, 2.05) is 6.92 Å². The fourth-order valence-corrected chi connectivity index (χ4v) is 2.38. The van der Waals surface area contributed by atoms with Gasteiger partial charge in [-0.05, 0) is 25.2 Å². The third-order valence-electron chi connectivity index (χ3n) is 3.17. The van der Waals surface area contributed by atoms with Gasteiger partial charge in [-0.15, -0.1) is 0 Å². The van der Waals surface area contributed by atoms with Crippen LogP contribution in [0.2, 0.25) is 0 Å². The molecule has 0 spiro atoms. The minimum atomic E-state index is -0.0968. The van der Waals surface area contributed by atoms with Gasteiger partial charge in [0.05, 0.1) is 0 Å². The Labute approximate surface area is 80.3 Å². The van der Waals surface area contributed by atoms with Gasteiger partial charge < -0.3 is 9.90 Å². The summed E-state index contributed by atoms with van der Waals surface area (Å²) >= 11 is 0. The second-order valence-corrected chi connectivity index (χ2v) is 4.53. The Morgan fingerprint density at radius 1 is 1.38 bits per heavy atom. The van der Waals surface area contributed by atoms with Crippen molar-refractivity contribution in [2.45, 2.75) is 45.4 Å². The fraction of sp³-hybridized carbons (Fsp3) is 0.909. The van der Waals surface area contributed by atoms with E-state index in [0.717, 1.165) is 25.5 Å². The van der Waals surface area contributed by atoms with Gasteiger partial charge in [0.2, 0.25) is 0 Å². The first kappa shape index (κ1) is 10.7. The molecule has 0 heterocycles. The molecule has 0 bridgehead atoms. The van der Waals surface area contributed by atoms with E-state index in [0.29, 0.717) is 0 Å². The van der Waals surface area contributed by atoms with Gasteiger partial charge >= 0.3 is 0 Å². The molecule has 0 aromatic carbocycles. The van der Waals surface area contributed by atoms with Crippen LogP contribution < -0.4 is 0 Å². The number of carbonyl (C=O) groups excluding carboxylic acids is 1. The molecule has 0 aliphatic heterocycles. The predicted octanol–water partition coefficient (Wildman–Crippen LogP) is 2.15. The summed E-state index contributed by atoms with van der Waals surface area (Å²) in [7, 11) is 0. The molecule has 1 rings (SSSR count). The van der Waals surface area contributed by atoms with Crippen molar-refractivity contribution >= 4 is 6.29 Å². The van der Waals surface area contributed by atoms with E-state index in [2.05, 4.69) is 0 Å². The van der Waals surface area contributed by atoms with E-state index in [4.69, 9.17) is 5.11 Å². The molecule has 1 N–H and O–H groups in total. The zero-order valence-electron chi connectivity index (χ0n) is 8.46. The van der Waals surface area contributed by atoms with E-state index in [-0.39, 0.29) is 17.9 Å². The fourth-order valence-electron chi connectivity index (χ4n) is 2.38. The van der Waals surface area contributed by atoms with Crippen molar-refractivity contribution in [1.29, 1.82) is 0 Å². The average Bonchev–Trinajstić information content (AvgIpc) is 2.19. The largest absolute Gasteiger partial charge is 0.396 e. The minimum Gasteiger partial charge on any atom is -0.396 e. The second-order valence-electron chi connectivity index (χ2n) is 4.53. The monoisotopic (exact) mass is 184 g/mol. The Hall–Kier alpha value is -0.370. The first-order valence-corrected chi connectivity index (χ1v) is 5.30. The summed E-state index contributed by atoms with van der Waals surface area (Å²) in [6, 6.07) is 0. The molecule has 1 saturated carbocycles. The maximum absolute atomic E-state index is 11.1. The number of carbonyl (C=O) groups is 1. The van der Waals surface area contributed by atoms with Crippen molar-refractivity contribution in [1.82, 2.24) is 0 Å². The number of aliphatic hydroxyl groups is 1. The molecule has 1 aliphatic carbocycles. The molecule has 0 saturated heterocycles. The van der Waals surface area contributed by atoms with Crippen molar-refractivity contribution in [2.24, 2.45) is 11.3 Å². The molecule has 1 atom stereocenters. The normalized spacial score (nSPS) is 23.8. The molecule has 0 aromatic rings. The molecular weight excluding hydrogens is 164 g/mol. The maximum Gasteiger partial charge on any atom is 0.126 e. The molecule has 1 unspecified atom stereocenters. The van der Waals surface area contributed by atoms with Crippen LogP contribution in [0.3, 0.4) is 0 Å². The maximum atomic E-state index is 11.1. The Kier molecular flexibility index (Phi) is 3.91.